The summed E-state index contributed by atoms with van der Waals surface area (Å²) in [5.41, 5.74) is 4.13. The number of carbonyl (C=O) groups excluding carboxylic acids is 1. The number of urea groups is 1. The van der Waals surface area contributed by atoms with Crippen LogP contribution in [0.1, 0.15) is 22.1 Å². The summed E-state index contributed by atoms with van der Waals surface area (Å²) >= 11 is 5.27. The van der Waals surface area contributed by atoms with E-state index in [2.05, 4.69) is 21.2 Å². The standard InChI is InChI=1S/C19H21BrN2O2S/c1-12-5-4-6-16(13(12)2)21-19(23)22-9-10-25-18(22)15-11-14(20)7-8-17(15)24-3/h4-8,11,18H,9-10H2,1-3H3,(H,21,23). The molecule has 0 aromatic heterocycles. The summed E-state index contributed by atoms with van der Waals surface area (Å²) in [6.45, 7) is 4.78. The lowest BCUT2D eigenvalue weighted by Crippen LogP contribution is -2.34. The summed E-state index contributed by atoms with van der Waals surface area (Å²) in [7, 11) is 1.66. The quantitative estimate of drug-likeness (QED) is 0.726. The third kappa shape index (κ3) is 3.80. The van der Waals surface area contributed by atoms with E-state index in [1.54, 1.807) is 18.9 Å². The number of benzene rings is 2. The van der Waals surface area contributed by atoms with Crippen molar-refractivity contribution in [1.82, 2.24) is 4.90 Å². The molecular weight excluding hydrogens is 400 g/mol. The minimum absolute atomic E-state index is 0.0578. The number of thioether (sulfide) groups is 1. The fourth-order valence-electron chi connectivity index (χ4n) is 2.91. The van der Waals surface area contributed by atoms with Crippen LogP contribution in [-0.2, 0) is 0 Å². The largest absolute Gasteiger partial charge is 0.496 e. The summed E-state index contributed by atoms with van der Waals surface area (Å²) in [5, 5.41) is 3.01. The molecule has 0 radical (unpaired) electrons. The highest BCUT2D eigenvalue weighted by molar-refractivity contribution is 9.10. The Hall–Kier alpha value is -1.66. The maximum atomic E-state index is 12.9. The van der Waals surface area contributed by atoms with E-state index in [1.807, 2.05) is 55.1 Å². The molecule has 25 heavy (non-hydrogen) atoms. The van der Waals surface area contributed by atoms with Gasteiger partial charge in [0, 0.05) is 28.0 Å². The van der Waals surface area contributed by atoms with E-state index in [4.69, 9.17) is 4.74 Å². The third-order valence-corrected chi connectivity index (χ3v) is 6.19. The zero-order valence-electron chi connectivity index (χ0n) is 14.5. The second-order valence-electron chi connectivity index (χ2n) is 5.98. The van der Waals surface area contributed by atoms with Crippen LogP contribution in [0.5, 0.6) is 5.75 Å². The zero-order chi connectivity index (χ0) is 18.0. The maximum absolute atomic E-state index is 12.9. The average molecular weight is 421 g/mol. The van der Waals surface area contributed by atoms with Gasteiger partial charge in [0.25, 0.3) is 0 Å². The highest BCUT2D eigenvalue weighted by Crippen LogP contribution is 2.43. The van der Waals surface area contributed by atoms with E-state index >= 15 is 0 Å². The molecule has 4 nitrogen and oxygen atoms in total. The van der Waals surface area contributed by atoms with Gasteiger partial charge >= 0.3 is 6.03 Å². The number of hydrogen-bond acceptors (Lipinski definition) is 3. The van der Waals surface area contributed by atoms with Crippen molar-refractivity contribution in [2.24, 2.45) is 0 Å². The van der Waals surface area contributed by atoms with Crippen molar-refractivity contribution in [3.05, 3.63) is 57.6 Å². The van der Waals surface area contributed by atoms with Crippen LogP contribution in [-0.4, -0.2) is 30.3 Å². The van der Waals surface area contributed by atoms with Crippen LogP contribution in [0, 0.1) is 13.8 Å². The molecule has 1 unspecified atom stereocenters. The predicted molar refractivity (Wildman–Crippen MR) is 108 cm³/mol. The Morgan fingerprint density at radius 3 is 2.88 bits per heavy atom. The van der Waals surface area contributed by atoms with Crippen molar-refractivity contribution in [2.75, 3.05) is 24.7 Å². The van der Waals surface area contributed by atoms with Crippen molar-refractivity contribution in [3.8, 4) is 5.75 Å². The molecule has 1 aliphatic heterocycles. The molecule has 1 fully saturated rings. The van der Waals surface area contributed by atoms with Crippen molar-refractivity contribution in [3.63, 3.8) is 0 Å². The van der Waals surface area contributed by atoms with E-state index in [1.165, 1.54) is 5.56 Å². The molecular formula is C19H21BrN2O2S. The van der Waals surface area contributed by atoms with Crippen molar-refractivity contribution in [1.29, 1.82) is 0 Å². The molecule has 0 aliphatic carbocycles. The first-order valence-corrected chi connectivity index (χ1v) is 9.94. The van der Waals surface area contributed by atoms with Gasteiger partial charge in [0.05, 0.1) is 7.11 Å². The van der Waals surface area contributed by atoms with Crippen LogP contribution >= 0.6 is 27.7 Å². The number of carbonyl (C=O) groups is 1. The van der Waals surface area contributed by atoms with Crippen LogP contribution < -0.4 is 10.1 Å². The molecule has 2 aromatic rings. The molecule has 0 saturated carbocycles. The van der Waals surface area contributed by atoms with Crippen LogP contribution in [0.4, 0.5) is 10.5 Å². The second-order valence-corrected chi connectivity index (χ2v) is 8.08. The molecule has 1 heterocycles. The van der Waals surface area contributed by atoms with Crippen LogP contribution in [0.25, 0.3) is 0 Å². The summed E-state index contributed by atoms with van der Waals surface area (Å²) < 4.78 is 6.48. The molecule has 6 heteroatoms. The van der Waals surface area contributed by atoms with E-state index in [9.17, 15) is 4.79 Å². The highest BCUT2D eigenvalue weighted by atomic mass is 79.9. The van der Waals surface area contributed by atoms with Gasteiger partial charge in [-0.05, 0) is 49.2 Å². The lowest BCUT2D eigenvalue weighted by atomic mass is 10.1. The number of halogens is 1. The lowest BCUT2D eigenvalue weighted by Gasteiger charge is -2.26. The predicted octanol–water partition coefficient (Wildman–Crippen LogP) is 5.35. The number of nitrogens with one attached hydrogen (secondary N) is 1. The molecule has 3 rings (SSSR count). The number of anilines is 1. The Morgan fingerprint density at radius 2 is 2.12 bits per heavy atom. The highest BCUT2D eigenvalue weighted by Gasteiger charge is 2.33. The second kappa shape index (κ2) is 7.70. The first-order chi connectivity index (χ1) is 12.0. The van der Waals surface area contributed by atoms with Crippen molar-refractivity contribution in [2.45, 2.75) is 19.2 Å². The number of aryl methyl sites for hydroxylation is 1. The molecule has 0 bridgehead atoms. The van der Waals surface area contributed by atoms with E-state index in [-0.39, 0.29) is 11.4 Å². The normalized spacial score (nSPS) is 16.8. The summed E-state index contributed by atoms with van der Waals surface area (Å²) in [6.07, 6.45) is 0. The van der Waals surface area contributed by atoms with Crippen molar-refractivity contribution >= 4 is 39.4 Å². The van der Waals surface area contributed by atoms with Crippen molar-refractivity contribution < 1.29 is 9.53 Å². The summed E-state index contributed by atoms with van der Waals surface area (Å²) in [4.78, 5) is 14.8. The number of amides is 2. The van der Waals surface area contributed by atoms with Gasteiger partial charge in [-0.3, -0.25) is 0 Å². The molecule has 2 amide bonds. The van der Waals surface area contributed by atoms with Gasteiger partial charge in [-0.25, -0.2) is 4.79 Å². The molecule has 1 saturated heterocycles. The first-order valence-electron chi connectivity index (χ1n) is 8.10. The summed E-state index contributed by atoms with van der Waals surface area (Å²) in [6, 6.07) is 11.8. The molecule has 0 spiro atoms. The van der Waals surface area contributed by atoms with Crippen LogP contribution in [0.15, 0.2) is 40.9 Å². The van der Waals surface area contributed by atoms with Gasteiger partial charge in [-0.2, -0.15) is 0 Å². The summed E-state index contributed by atoms with van der Waals surface area (Å²) in [5.74, 6) is 1.70. The minimum atomic E-state index is -0.0780. The molecule has 1 N–H and O–H groups in total. The van der Waals surface area contributed by atoms with E-state index in [0.29, 0.717) is 6.54 Å². The maximum Gasteiger partial charge on any atom is 0.323 e. The lowest BCUT2D eigenvalue weighted by molar-refractivity contribution is 0.213. The zero-order valence-corrected chi connectivity index (χ0v) is 16.9. The Bertz CT molecular complexity index is 797. The Kier molecular flexibility index (Phi) is 5.59. The van der Waals surface area contributed by atoms with Gasteiger partial charge in [-0.1, -0.05) is 28.1 Å². The SMILES string of the molecule is COc1ccc(Br)cc1C1SCCN1C(=O)Nc1cccc(C)c1C. The Labute approximate surface area is 161 Å². The topological polar surface area (TPSA) is 41.6 Å². The van der Waals surface area contributed by atoms with Gasteiger partial charge < -0.3 is 15.0 Å². The number of methoxy groups -OCH3 is 1. The van der Waals surface area contributed by atoms with Gasteiger partial charge in [-0.15, -0.1) is 11.8 Å². The Morgan fingerprint density at radius 1 is 1.32 bits per heavy atom. The first kappa shape index (κ1) is 18.1. The molecule has 1 aliphatic rings. The number of hydrogen-bond donors (Lipinski definition) is 1. The van der Waals surface area contributed by atoms with Gasteiger partial charge in [0.15, 0.2) is 0 Å². The number of rotatable bonds is 3. The molecule has 2 aromatic carbocycles. The van der Waals surface area contributed by atoms with Gasteiger partial charge in [0.2, 0.25) is 0 Å². The minimum Gasteiger partial charge on any atom is -0.496 e. The van der Waals surface area contributed by atoms with Crippen LogP contribution in [0.2, 0.25) is 0 Å². The molecule has 1 atom stereocenters. The molecule has 132 valence electrons. The number of ether oxygens (including phenoxy) is 1. The Balaban J connectivity index is 1.85. The van der Waals surface area contributed by atoms with Crippen LogP contribution in [0.3, 0.4) is 0 Å². The fourth-order valence-corrected chi connectivity index (χ4v) is 4.56. The fraction of sp³-hybridized carbons (Fsp3) is 0.316. The average Bonchev–Trinajstić information content (AvgIpc) is 3.08. The number of nitrogens with zero attached hydrogens (tertiary/aromatic N) is 1. The smallest absolute Gasteiger partial charge is 0.323 e. The van der Waals surface area contributed by atoms with Gasteiger partial charge in [0.1, 0.15) is 11.1 Å². The third-order valence-electron chi connectivity index (χ3n) is 4.46. The van der Waals surface area contributed by atoms with E-state index < -0.39 is 0 Å². The van der Waals surface area contributed by atoms with E-state index in [0.717, 1.165) is 32.8 Å². The monoisotopic (exact) mass is 420 g/mol.